The predicted octanol–water partition coefficient (Wildman–Crippen LogP) is 4.58. The van der Waals surface area contributed by atoms with Gasteiger partial charge >= 0.3 is 0 Å². The highest BCUT2D eigenvalue weighted by Gasteiger charge is 2.16. The zero-order valence-corrected chi connectivity index (χ0v) is 19.7. The van der Waals surface area contributed by atoms with E-state index >= 15 is 0 Å². The summed E-state index contributed by atoms with van der Waals surface area (Å²) in [6.45, 7) is 4.43. The Kier molecular flexibility index (Phi) is 8.30. The summed E-state index contributed by atoms with van der Waals surface area (Å²) in [5, 5.41) is 16.9. The Morgan fingerprint density at radius 3 is 2.59 bits per heavy atom. The average Bonchev–Trinajstić information content (AvgIpc) is 2.80. The van der Waals surface area contributed by atoms with E-state index in [1.807, 2.05) is 25.1 Å². The molecule has 0 aliphatic rings. The van der Waals surface area contributed by atoms with Gasteiger partial charge in [0.05, 0.1) is 31.9 Å². The third kappa shape index (κ3) is 5.69. The van der Waals surface area contributed by atoms with Gasteiger partial charge in [-0.1, -0.05) is 31.4 Å². The number of pyridine rings is 1. The molecular weight excluding hydrogens is 430 g/mol. The highest BCUT2D eigenvalue weighted by molar-refractivity contribution is 6.35. The van der Waals surface area contributed by atoms with Gasteiger partial charge in [0.2, 0.25) is 5.95 Å². The summed E-state index contributed by atoms with van der Waals surface area (Å²) in [4.78, 5) is 13.8. The number of aliphatic hydroxyl groups excluding tert-OH is 1. The number of ether oxygens (including phenoxy) is 2. The van der Waals surface area contributed by atoms with Crippen LogP contribution >= 0.6 is 11.6 Å². The Hall–Kier alpha value is -2.84. The van der Waals surface area contributed by atoms with Crippen molar-refractivity contribution in [1.29, 1.82) is 0 Å². The zero-order valence-electron chi connectivity index (χ0n) is 18.9. The number of fused-ring (bicyclic) bond motifs is 1. The molecule has 0 unspecified atom stereocenters. The Balaban J connectivity index is 1.93. The number of aliphatic hydroxyl groups is 1. The van der Waals surface area contributed by atoms with Crippen LogP contribution in [0.25, 0.3) is 11.0 Å². The molecule has 8 nitrogen and oxygen atoms in total. The first kappa shape index (κ1) is 23.8. The van der Waals surface area contributed by atoms with E-state index in [2.05, 4.69) is 32.5 Å². The van der Waals surface area contributed by atoms with Crippen LogP contribution in [0.2, 0.25) is 5.02 Å². The number of rotatable bonds is 11. The molecule has 1 aromatic carbocycles. The van der Waals surface area contributed by atoms with E-state index < -0.39 is 0 Å². The number of hydrogen-bond donors (Lipinski definition) is 3. The van der Waals surface area contributed by atoms with E-state index in [0.717, 1.165) is 36.3 Å². The van der Waals surface area contributed by atoms with E-state index in [4.69, 9.17) is 21.1 Å². The minimum Gasteiger partial charge on any atom is -0.497 e. The number of unbranched alkanes of at least 4 members (excludes halogenated alkanes) is 1. The van der Waals surface area contributed by atoms with Gasteiger partial charge in [0, 0.05) is 23.9 Å². The Labute approximate surface area is 193 Å². The summed E-state index contributed by atoms with van der Waals surface area (Å²) in [6, 6.07) is 7.27. The number of benzene rings is 1. The van der Waals surface area contributed by atoms with Crippen LogP contribution in [0.3, 0.4) is 0 Å². The maximum absolute atomic E-state index is 9.82. The van der Waals surface area contributed by atoms with E-state index in [1.165, 1.54) is 0 Å². The molecule has 32 heavy (non-hydrogen) atoms. The van der Waals surface area contributed by atoms with Crippen LogP contribution in [0, 0.1) is 6.92 Å². The fourth-order valence-electron chi connectivity index (χ4n) is 3.39. The third-order valence-corrected chi connectivity index (χ3v) is 5.42. The molecule has 0 radical (unpaired) electrons. The zero-order chi connectivity index (χ0) is 23.1. The number of nitrogens with one attached hydrogen (secondary N) is 2. The van der Waals surface area contributed by atoms with Crippen LogP contribution in [0.15, 0.2) is 24.3 Å². The summed E-state index contributed by atoms with van der Waals surface area (Å²) in [6.07, 6.45) is 2.86. The lowest BCUT2D eigenvalue weighted by atomic mass is 10.1. The molecule has 0 bridgehead atoms. The number of aryl methyl sites for hydroxylation is 1. The molecule has 0 aliphatic carbocycles. The maximum atomic E-state index is 9.82. The largest absolute Gasteiger partial charge is 0.497 e. The highest BCUT2D eigenvalue weighted by Crippen LogP contribution is 2.29. The highest BCUT2D eigenvalue weighted by atomic mass is 35.5. The number of methoxy groups -OCH3 is 2. The van der Waals surface area contributed by atoms with Crippen molar-refractivity contribution in [3.8, 4) is 11.5 Å². The standard InChI is InChI=1S/C23H30ClN5O3/c1-5-6-7-16(13-30)27-22-21-20(18(24)10-14(2)26-21)28-23(29-22)25-12-15-8-9-17(31-3)11-19(15)32-4/h8-11,16,30H,5-7,12-13H2,1-4H3,(H2,25,27,28,29)/t16-/m0/s1. The molecule has 1 atom stereocenters. The van der Waals surface area contributed by atoms with Crippen LogP contribution in [0.4, 0.5) is 11.8 Å². The molecule has 3 aromatic rings. The first-order chi connectivity index (χ1) is 15.5. The number of anilines is 2. The van der Waals surface area contributed by atoms with Gasteiger partial charge in [-0.2, -0.15) is 4.98 Å². The van der Waals surface area contributed by atoms with E-state index in [9.17, 15) is 5.11 Å². The van der Waals surface area contributed by atoms with E-state index in [0.29, 0.717) is 40.1 Å². The van der Waals surface area contributed by atoms with Crippen molar-refractivity contribution in [3.63, 3.8) is 0 Å². The van der Waals surface area contributed by atoms with Crippen molar-refractivity contribution >= 4 is 34.4 Å². The number of nitrogens with zero attached hydrogens (tertiary/aromatic N) is 3. The monoisotopic (exact) mass is 459 g/mol. The second kappa shape index (κ2) is 11.2. The molecule has 3 rings (SSSR count). The SMILES string of the molecule is CCCC[C@@H](CO)Nc1nc(NCc2ccc(OC)cc2OC)nc2c(Cl)cc(C)nc12. The van der Waals surface area contributed by atoms with Crippen LogP contribution in [-0.2, 0) is 6.54 Å². The normalized spacial score (nSPS) is 11.9. The van der Waals surface area contributed by atoms with E-state index in [-0.39, 0.29) is 12.6 Å². The minimum absolute atomic E-state index is 0.00312. The van der Waals surface area contributed by atoms with Gasteiger partial charge in [0.25, 0.3) is 0 Å². The molecule has 0 saturated heterocycles. The van der Waals surface area contributed by atoms with Gasteiger partial charge < -0.3 is 25.2 Å². The minimum atomic E-state index is -0.135. The Bertz CT molecular complexity index is 1060. The van der Waals surface area contributed by atoms with Crippen molar-refractivity contribution in [3.05, 3.63) is 40.5 Å². The Morgan fingerprint density at radius 1 is 1.09 bits per heavy atom. The molecule has 2 heterocycles. The number of hydrogen-bond acceptors (Lipinski definition) is 8. The molecule has 2 aromatic heterocycles. The van der Waals surface area contributed by atoms with Gasteiger partial charge in [0.1, 0.15) is 22.5 Å². The summed E-state index contributed by atoms with van der Waals surface area (Å²) in [5.41, 5.74) is 2.83. The topological polar surface area (TPSA) is 101 Å². The molecule has 9 heteroatoms. The van der Waals surface area contributed by atoms with Gasteiger partial charge in [-0.25, -0.2) is 9.97 Å². The van der Waals surface area contributed by atoms with Crippen molar-refractivity contribution in [2.45, 2.75) is 45.7 Å². The first-order valence-electron chi connectivity index (χ1n) is 10.7. The second-order valence-corrected chi connectivity index (χ2v) is 7.94. The van der Waals surface area contributed by atoms with Gasteiger partial charge in [-0.15, -0.1) is 0 Å². The molecule has 0 aliphatic heterocycles. The molecule has 3 N–H and O–H groups in total. The maximum Gasteiger partial charge on any atom is 0.225 e. The number of aromatic nitrogens is 3. The van der Waals surface area contributed by atoms with Crippen LogP contribution in [0.1, 0.15) is 37.4 Å². The fraction of sp³-hybridized carbons (Fsp3) is 0.435. The van der Waals surface area contributed by atoms with Crippen LogP contribution in [-0.4, -0.2) is 46.9 Å². The fourth-order valence-corrected chi connectivity index (χ4v) is 3.68. The summed E-state index contributed by atoms with van der Waals surface area (Å²) in [7, 11) is 3.23. The predicted molar refractivity (Wildman–Crippen MR) is 128 cm³/mol. The van der Waals surface area contributed by atoms with Crippen molar-refractivity contribution < 1.29 is 14.6 Å². The lowest BCUT2D eigenvalue weighted by molar-refractivity contribution is 0.267. The van der Waals surface area contributed by atoms with Crippen molar-refractivity contribution in [2.24, 2.45) is 0 Å². The van der Waals surface area contributed by atoms with Gasteiger partial charge in [-0.3, -0.25) is 0 Å². The molecule has 0 fully saturated rings. The molecule has 0 amide bonds. The average molecular weight is 460 g/mol. The van der Waals surface area contributed by atoms with Crippen LogP contribution in [0.5, 0.6) is 11.5 Å². The molecular formula is C23H30ClN5O3. The summed E-state index contributed by atoms with van der Waals surface area (Å²) in [5.74, 6) is 2.36. The van der Waals surface area contributed by atoms with Gasteiger partial charge in [0.15, 0.2) is 5.82 Å². The molecule has 0 saturated carbocycles. The summed E-state index contributed by atoms with van der Waals surface area (Å²) >= 11 is 6.49. The molecule has 172 valence electrons. The lowest BCUT2D eigenvalue weighted by Crippen LogP contribution is -2.25. The first-order valence-corrected chi connectivity index (χ1v) is 11.0. The molecule has 0 spiro atoms. The van der Waals surface area contributed by atoms with Crippen LogP contribution < -0.4 is 20.1 Å². The third-order valence-electron chi connectivity index (χ3n) is 5.13. The van der Waals surface area contributed by atoms with Crippen molar-refractivity contribution in [2.75, 3.05) is 31.5 Å². The van der Waals surface area contributed by atoms with Crippen molar-refractivity contribution in [1.82, 2.24) is 15.0 Å². The smallest absolute Gasteiger partial charge is 0.225 e. The Morgan fingerprint density at radius 2 is 1.91 bits per heavy atom. The lowest BCUT2D eigenvalue weighted by Gasteiger charge is -2.19. The second-order valence-electron chi connectivity index (χ2n) is 7.54. The van der Waals surface area contributed by atoms with E-state index in [1.54, 1.807) is 20.3 Å². The quantitative estimate of drug-likeness (QED) is 0.383. The number of halogens is 1. The van der Waals surface area contributed by atoms with Gasteiger partial charge in [-0.05, 0) is 31.5 Å². The summed E-state index contributed by atoms with van der Waals surface area (Å²) < 4.78 is 10.7.